The van der Waals surface area contributed by atoms with Gasteiger partial charge in [-0.2, -0.15) is 0 Å². The molecule has 0 spiro atoms. The van der Waals surface area contributed by atoms with Crippen LogP contribution in [0.5, 0.6) is 11.5 Å². The zero-order chi connectivity index (χ0) is 12.3. The summed E-state index contributed by atoms with van der Waals surface area (Å²) >= 11 is 0. The van der Waals surface area contributed by atoms with E-state index >= 15 is 0 Å². The quantitative estimate of drug-likeness (QED) is 0.853. The summed E-state index contributed by atoms with van der Waals surface area (Å²) in [5.74, 6) is 2.33. The first-order valence-electron chi connectivity index (χ1n) is 6.27. The van der Waals surface area contributed by atoms with E-state index in [2.05, 4.69) is 0 Å². The van der Waals surface area contributed by atoms with Crippen LogP contribution in [-0.4, -0.2) is 13.7 Å². The maximum Gasteiger partial charge on any atom is 0.161 e. The van der Waals surface area contributed by atoms with E-state index < -0.39 is 0 Å². The van der Waals surface area contributed by atoms with E-state index in [1.54, 1.807) is 7.11 Å². The SMILES string of the molecule is COc1cc(C(C)N)ccc1OCC1CCC1. The van der Waals surface area contributed by atoms with Crippen LogP contribution in [0.3, 0.4) is 0 Å². The molecule has 0 aromatic heterocycles. The van der Waals surface area contributed by atoms with Crippen molar-refractivity contribution in [3.63, 3.8) is 0 Å². The third kappa shape index (κ3) is 2.91. The van der Waals surface area contributed by atoms with Crippen LogP contribution in [0.4, 0.5) is 0 Å². The molecule has 1 unspecified atom stereocenters. The molecule has 0 radical (unpaired) electrons. The summed E-state index contributed by atoms with van der Waals surface area (Å²) in [7, 11) is 1.66. The molecular weight excluding hydrogens is 214 g/mol. The van der Waals surface area contributed by atoms with E-state index in [-0.39, 0.29) is 6.04 Å². The van der Waals surface area contributed by atoms with Gasteiger partial charge in [0.05, 0.1) is 13.7 Å². The van der Waals surface area contributed by atoms with E-state index in [0.29, 0.717) is 0 Å². The summed E-state index contributed by atoms with van der Waals surface area (Å²) in [6.07, 6.45) is 3.93. The first-order chi connectivity index (χ1) is 8.20. The Labute approximate surface area is 103 Å². The second-order valence-corrected chi connectivity index (χ2v) is 4.81. The maximum absolute atomic E-state index is 5.84. The number of benzene rings is 1. The van der Waals surface area contributed by atoms with Crippen LogP contribution in [0, 0.1) is 5.92 Å². The highest BCUT2D eigenvalue weighted by Gasteiger charge is 2.18. The first kappa shape index (κ1) is 12.2. The molecule has 2 N–H and O–H groups in total. The van der Waals surface area contributed by atoms with Gasteiger partial charge in [-0.1, -0.05) is 12.5 Å². The third-order valence-corrected chi connectivity index (χ3v) is 3.41. The van der Waals surface area contributed by atoms with Crippen LogP contribution in [-0.2, 0) is 0 Å². The van der Waals surface area contributed by atoms with Gasteiger partial charge in [0.2, 0.25) is 0 Å². The average molecular weight is 235 g/mol. The number of methoxy groups -OCH3 is 1. The zero-order valence-corrected chi connectivity index (χ0v) is 10.6. The fourth-order valence-corrected chi connectivity index (χ4v) is 1.95. The predicted octanol–water partition coefficient (Wildman–Crippen LogP) is 2.89. The van der Waals surface area contributed by atoms with Crippen LogP contribution in [0.1, 0.15) is 37.8 Å². The normalized spacial score (nSPS) is 17.4. The van der Waals surface area contributed by atoms with Gasteiger partial charge in [0.15, 0.2) is 11.5 Å². The van der Waals surface area contributed by atoms with Gasteiger partial charge < -0.3 is 15.2 Å². The predicted molar refractivity (Wildman–Crippen MR) is 68.4 cm³/mol. The lowest BCUT2D eigenvalue weighted by Crippen LogP contribution is -2.19. The Morgan fingerprint density at radius 1 is 1.35 bits per heavy atom. The fraction of sp³-hybridized carbons (Fsp3) is 0.571. The van der Waals surface area contributed by atoms with Gasteiger partial charge in [0.1, 0.15) is 0 Å². The molecule has 3 heteroatoms. The molecule has 0 bridgehead atoms. The Balaban J connectivity index is 2.04. The van der Waals surface area contributed by atoms with Gasteiger partial charge in [-0.25, -0.2) is 0 Å². The van der Waals surface area contributed by atoms with Crippen molar-refractivity contribution in [2.75, 3.05) is 13.7 Å². The van der Waals surface area contributed by atoms with Gasteiger partial charge in [0.25, 0.3) is 0 Å². The van der Waals surface area contributed by atoms with E-state index in [1.807, 2.05) is 25.1 Å². The van der Waals surface area contributed by atoms with Crippen molar-refractivity contribution in [2.45, 2.75) is 32.2 Å². The molecule has 94 valence electrons. The lowest BCUT2D eigenvalue weighted by molar-refractivity contribution is 0.176. The van der Waals surface area contributed by atoms with Crippen molar-refractivity contribution in [3.05, 3.63) is 23.8 Å². The second kappa shape index (κ2) is 5.41. The van der Waals surface area contributed by atoms with Gasteiger partial charge in [-0.15, -0.1) is 0 Å². The number of hydrogen-bond acceptors (Lipinski definition) is 3. The minimum atomic E-state index is 0.0181. The van der Waals surface area contributed by atoms with E-state index in [9.17, 15) is 0 Å². The Morgan fingerprint density at radius 2 is 2.12 bits per heavy atom. The van der Waals surface area contributed by atoms with Gasteiger partial charge in [-0.05, 0) is 43.4 Å². The molecule has 0 heterocycles. The molecule has 1 aliphatic rings. The number of hydrogen-bond donors (Lipinski definition) is 1. The molecule has 1 aromatic rings. The van der Waals surface area contributed by atoms with Crippen LogP contribution in [0.15, 0.2) is 18.2 Å². The highest BCUT2D eigenvalue weighted by Crippen LogP contribution is 2.32. The Hall–Kier alpha value is -1.22. The molecule has 1 atom stereocenters. The molecule has 3 nitrogen and oxygen atoms in total. The van der Waals surface area contributed by atoms with Crippen molar-refractivity contribution in [1.29, 1.82) is 0 Å². The Morgan fingerprint density at radius 3 is 2.65 bits per heavy atom. The van der Waals surface area contributed by atoms with Gasteiger partial charge in [0, 0.05) is 6.04 Å². The van der Waals surface area contributed by atoms with Crippen molar-refractivity contribution in [1.82, 2.24) is 0 Å². The maximum atomic E-state index is 5.84. The fourth-order valence-electron chi connectivity index (χ4n) is 1.95. The largest absolute Gasteiger partial charge is 0.493 e. The van der Waals surface area contributed by atoms with Crippen molar-refractivity contribution >= 4 is 0 Å². The molecule has 17 heavy (non-hydrogen) atoms. The Kier molecular flexibility index (Phi) is 3.89. The summed E-state index contributed by atoms with van der Waals surface area (Å²) in [6.45, 7) is 2.76. The van der Waals surface area contributed by atoms with Gasteiger partial charge >= 0.3 is 0 Å². The first-order valence-corrected chi connectivity index (χ1v) is 6.27. The monoisotopic (exact) mass is 235 g/mol. The topological polar surface area (TPSA) is 44.5 Å². The number of rotatable bonds is 5. The average Bonchev–Trinajstić information content (AvgIpc) is 2.27. The Bertz CT molecular complexity index is 372. The highest BCUT2D eigenvalue weighted by atomic mass is 16.5. The molecule has 2 rings (SSSR count). The third-order valence-electron chi connectivity index (χ3n) is 3.41. The second-order valence-electron chi connectivity index (χ2n) is 4.81. The number of nitrogens with two attached hydrogens (primary N) is 1. The van der Waals surface area contributed by atoms with Crippen LogP contribution < -0.4 is 15.2 Å². The lowest BCUT2D eigenvalue weighted by atomic mass is 9.86. The molecule has 0 amide bonds. The van der Waals surface area contributed by atoms with E-state index in [4.69, 9.17) is 15.2 Å². The van der Waals surface area contributed by atoms with Gasteiger partial charge in [-0.3, -0.25) is 0 Å². The van der Waals surface area contributed by atoms with Crippen LogP contribution in [0.25, 0.3) is 0 Å². The smallest absolute Gasteiger partial charge is 0.161 e. The molecule has 1 fully saturated rings. The molecule has 0 saturated heterocycles. The molecule has 1 aromatic carbocycles. The van der Waals surface area contributed by atoms with Crippen LogP contribution in [0.2, 0.25) is 0 Å². The molecule has 1 aliphatic carbocycles. The molecule has 0 aliphatic heterocycles. The lowest BCUT2D eigenvalue weighted by Gasteiger charge is -2.25. The summed E-state index contributed by atoms with van der Waals surface area (Å²) in [4.78, 5) is 0. The standard InChI is InChI=1S/C14H21NO2/c1-10(15)12-6-7-13(14(8-12)16-2)17-9-11-4-3-5-11/h6-8,10-11H,3-5,9,15H2,1-2H3. The number of ether oxygens (including phenoxy) is 2. The summed E-state index contributed by atoms with van der Waals surface area (Å²) < 4.78 is 11.1. The van der Waals surface area contributed by atoms with Crippen LogP contribution >= 0.6 is 0 Å². The molecule has 1 saturated carbocycles. The highest BCUT2D eigenvalue weighted by molar-refractivity contribution is 5.43. The summed E-state index contributed by atoms with van der Waals surface area (Å²) in [6, 6.07) is 5.94. The van der Waals surface area contributed by atoms with Crippen molar-refractivity contribution in [3.8, 4) is 11.5 Å². The molecular formula is C14H21NO2. The summed E-state index contributed by atoms with van der Waals surface area (Å²) in [5, 5.41) is 0. The minimum Gasteiger partial charge on any atom is -0.493 e. The summed E-state index contributed by atoms with van der Waals surface area (Å²) in [5.41, 5.74) is 6.91. The zero-order valence-electron chi connectivity index (χ0n) is 10.6. The van der Waals surface area contributed by atoms with Crippen molar-refractivity contribution < 1.29 is 9.47 Å². The minimum absolute atomic E-state index is 0.0181. The van der Waals surface area contributed by atoms with E-state index in [1.165, 1.54) is 19.3 Å². The van der Waals surface area contributed by atoms with Crippen molar-refractivity contribution in [2.24, 2.45) is 11.7 Å². The van der Waals surface area contributed by atoms with E-state index in [0.717, 1.165) is 29.6 Å².